The van der Waals surface area contributed by atoms with Gasteiger partial charge in [-0.15, -0.1) is 0 Å². The lowest BCUT2D eigenvalue weighted by Crippen LogP contribution is -2.15. The Morgan fingerprint density at radius 3 is 0.659 bits per heavy atom. The summed E-state index contributed by atoms with van der Waals surface area (Å²) in [6.45, 7) is 20.2. The minimum absolute atomic E-state index is 0.0791. The molecule has 0 spiro atoms. The van der Waals surface area contributed by atoms with Gasteiger partial charge in [0.15, 0.2) is 0 Å². The lowest BCUT2D eigenvalue weighted by atomic mass is 10.4. The van der Waals surface area contributed by atoms with Gasteiger partial charge in [0.2, 0.25) is 0 Å². The highest BCUT2D eigenvalue weighted by Crippen LogP contribution is 2.62. The quantitative estimate of drug-likeness (QED) is 0.0880. The van der Waals surface area contributed by atoms with E-state index in [1.54, 1.807) is 49.3 Å². The van der Waals surface area contributed by atoms with E-state index in [1.807, 2.05) is 0 Å². The average Bonchev–Trinajstić information content (AvgIpc) is 2.95. The molecule has 0 aliphatic heterocycles. The van der Waals surface area contributed by atoms with E-state index in [-0.39, 0.29) is 6.61 Å². The van der Waals surface area contributed by atoms with E-state index in [2.05, 4.69) is 59.9 Å². The first-order chi connectivity index (χ1) is 19.5. The summed E-state index contributed by atoms with van der Waals surface area (Å²) in [6.07, 6.45) is 35.9. The highest BCUT2D eigenvalue weighted by molar-refractivity contribution is 7.76. The molecule has 0 aromatic heterocycles. The van der Waals surface area contributed by atoms with Crippen molar-refractivity contribution in [2.75, 3.05) is 55.9 Å². The van der Waals surface area contributed by atoms with E-state index in [0.29, 0.717) is 0 Å². The zero-order valence-corrected chi connectivity index (χ0v) is 32.3. The topological polar surface area (TPSA) is 72.4 Å². The van der Waals surface area contributed by atoms with Gasteiger partial charge in [-0.2, -0.15) is 0 Å². The second kappa shape index (κ2) is 32.4. The molecule has 41 heavy (non-hydrogen) atoms. The van der Waals surface area contributed by atoms with Crippen LogP contribution in [0.2, 0.25) is 0 Å². The molecule has 0 atom stereocenters. The molecule has 0 unspecified atom stereocenters. The van der Waals surface area contributed by atoms with Crippen LogP contribution in [0.25, 0.3) is 0 Å². The molecular weight excluding hydrogens is 565 g/mol. The molecule has 0 aliphatic rings. The summed E-state index contributed by atoms with van der Waals surface area (Å²) < 4.78 is 13.2. The van der Waals surface area contributed by atoms with Gasteiger partial charge < -0.3 is 18.9 Å². The zero-order chi connectivity index (χ0) is 31.9. The van der Waals surface area contributed by atoms with Gasteiger partial charge in [0, 0.05) is 21.1 Å². The predicted octanol–water partition coefficient (Wildman–Crippen LogP) is 11.3. The Labute approximate surface area is 261 Å². The molecule has 0 aliphatic carbocycles. The molecule has 0 fully saturated rings. The standard InChI is InChI=1S/2C16H36P.C2H7O4P/c2*1-5-9-13-17(14-10-6-2,15-11-7-3)16-12-8-4;1-2-6-7(3,4)5/h2*5-16H2,1-4H3;2H2,1H3,(H2,3,4,5)/q2*+1;/p-2. The molecular formula is C34H77O4P3. The third kappa shape index (κ3) is 30.8. The lowest BCUT2D eigenvalue weighted by molar-refractivity contribution is -0.341. The van der Waals surface area contributed by atoms with E-state index in [4.69, 9.17) is 0 Å². The van der Waals surface area contributed by atoms with Crippen LogP contribution in [0.3, 0.4) is 0 Å². The molecule has 4 nitrogen and oxygen atoms in total. The van der Waals surface area contributed by atoms with Gasteiger partial charge in [-0.05, 0) is 58.3 Å². The molecule has 0 aromatic rings. The summed E-state index contributed by atoms with van der Waals surface area (Å²) in [5.41, 5.74) is 0. The first-order valence-electron chi connectivity index (χ1n) is 17.9. The van der Waals surface area contributed by atoms with E-state index >= 15 is 0 Å². The van der Waals surface area contributed by atoms with E-state index in [1.165, 1.54) is 110 Å². The second-order valence-electron chi connectivity index (χ2n) is 12.2. The number of phosphoric acid groups is 1. The fraction of sp³-hybridized carbons (Fsp3) is 1.00. The number of hydrogen-bond donors (Lipinski definition) is 0. The minimum Gasteiger partial charge on any atom is -0.790 e. The predicted molar refractivity (Wildman–Crippen MR) is 191 cm³/mol. The SMILES string of the molecule is CCCC[P+](CCCC)(CCCC)CCCC.CCCC[P+](CCCC)(CCCC)CCCC.CCOP(=O)([O-])[O-]. The first-order valence-corrected chi connectivity index (χ1v) is 24.4. The smallest absolute Gasteiger partial charge is 0.0596 e. The Balaban J connectivity index is -0.000000574. The average molecular weight is 643 g/mol. The van der Waals surface area contributed by atoms with Gasteiger partial charge in [-0.25, -0.2) is 0 Å². The Bertz CT molecular complexity index is 443. The van der Waals surface area contributed by atoms with Crippen LogP contribution in [-0.2, 0) is 9.09 Å². The van der Waals surface area contributed by atoms with Gasteiger partial charge in [0.1, 0.15) is 0 Å². The Kier molecular flexibility index (Phi) is 36.6. The van der Waals surface area contributed by atoms with Gasteiger partial charge in [-0.1, -0.05) is 107 Å². The molecule has 0 radical (unpaired) electrons. The maximum atomic E-state index is 9.48. The molecule has 0 aromatic carbocycles. The summed E-state index contributed by atoms with van der Waals surface area (Å²) >= 11 is 0. The Morgan fingerprint density at radius 2 is 0.585 bits per heavy atom. The molecule has 0 saturated carbocycles. The van der Waals surface area contributed by atoms with Crippen molar-refractivity contribution < 1.29 is 18.9 Å². The Hall–Kier alpha value is 0.970. The normalized spacial score (nSPS) is 12.0. The van der Waals surface area contributed by atoms with Crippen molar-refractivity contribution >= 4 is 22.3 Å². The summed E-state index contributed by atoms with van der Waals surface area (Å²) in [4.78, 5) is 19.0. The number of unbranched alkanes of at least 4 members (excludes halogenated alkanes) is 8. The van der Waals surface area contributed by atoms with Crippen LogP contribution in [0, 0.1) is 0 Å². The van der Waals surface area contributed by atoms with Gasteiger partial charge in [0.05, 0.1) is 57.1 Å². The first kappa shape index (κ1) is 46.4. The van der Waals surface area contributed by atoms with Crippen molar-refractivity contribution in [3.63, 3.8) is 0 Å². The monoisotopic (exact) mass is 643 g/mol. The third-order valence-electron chi connectivity index (χ3n) is 8.18. The molecule has 0 rings (SSSR count). The molecule has 0 N–H and O–H groups in total. The van der Waals surface area contributed by atoms with E-state index in [0.717, 1.165) is 0 Å². The van der Waals surface area contributed by atoms with Crippen molar-refractivity contribution in [3.8, 4) is 0 Å². The Morgan fingerprint density at radius 1 is 0.415 bits per heavy atom. The van der Waals surface area contributed by atoms with Gasteiger partial charge in [-0.3, -0.25) is 0 Å². The number of phosphoric ester groups is 1. The molecule has 0 heterocycles. The highest BCUT2D eigenvalue weighted by atomic mass is 31.2. The van der Waals surface area contributed by atoms with Crippen LogP contribution in [-0.4, -0.2) is 55.9 Å². The summed E-state index contributed by atoms with van der Waals surface area (Å²) in [5, 5.41) is 0. The molecule has 0 bridgehead atoms. The molecule has 252 valence electrons. The highest BCUT2D eigenvalue weighted by Gasteiger charge is 2.35. The van der Waals surface area contributed by atoms with Gasteiger partial charge >= 0.3 is 0 Å². The van der Waals surface area contributed by atoms with Crippen molar-refractivity contribution in [1.82, 2.24) is 0 Å². The minimum atomic E-state index is -4.67. The van der Waals surface area contributed by atoms with E-state index < -0.39 is 22.3 Å². The van der Waals surface area contributed by atoms with Crippen LogP contribution in [0.5, 0.6) is 0 Å². The summed E-state index contributed by atoms with van der Waals surface area (Å²) in [7, 11) is -5.79. The van der Waals surface area contributed by atoms with Crippen molar-refractivity contribution in [2.45, 2.75) is 165 Å². The van der Waals surface area contributed by atoms with Crippen molar-refractivity contribution in [2.24, 2.45) is 0 Å². The summed E-state index contributed by atoms with van der Waals surface area (Å²) in [6, 6.07) is 0. The van der Waals surface area contributed by atoms with Crippen molar-refractivity contribution in [3.05, 3.63) is 0 Å². The van der Waals surface area contributed by atoms with Crippen molar-refractivity contribution in [1.29, 1.82) is 0 Å². The molecule has 7 heteroatoms. The van der Waals surface area contributed by atoms with Crippen LogP contribution >= 0.6 is 22.3 Å². The molecule has 0 saturated heterocycles. The van der Waals surface area contributed by atoms with Crippen LogP contribution in [0.1, 0.15) is 165 Å². The van der Waals surface area contributed by atoms with Crippen LogP contribution < -0.4 is 9.79 Å². The fourth-order valence-corrected chi connectivity index (χ4v) is 16.3. The number of hydrogen-bond acceptors (Lipinski definition) is 4. The third-order valence-corrected chi connectivity index (χ3v) is 18.9. The van der Waals surface area contributed by atoms with Crippen LogP contribution in [0.4, 0.5) is 0 Å². The zero-order valence-electron chi connectivity index (χ0n) is 29.7. The maximum absolute atomic E-state index is 9.48. The van der Waals surface area contributed by atoms with Crippen LogP contribution in [0.15, 0.2) is 0 Å². The largest absolute Gasteiger partial charge is 0.790 e. The van der Waals surface area contributed by atoms with E-state index in [9.17, 15) is 14.4 Å². The maximum Gasteiger partial charge on any atom is 0.0596 e. The summed E-state index contributed by atoms with van der Waals surface area (Å²) in [5.74, 6) is 0. The van der Waals surface area contributed by atoms with Gasteiger partial charge in [0.25, 0.3) is 0 Å². The number of rotatable bonds is 26. The molecule has 0 amide bonds. The second-order valence-corrected chi connectivity index (χ2v) is 22.3. The fourth-order valence-electron chi connectivity index (χ4n) is 5.45. The lowest BCUT2D eigenvalue weighted by Gasteiger charge is -2.28.